The van der Waals surface area contributed by atoms with Crippen molar-refractivity contribution in [2.24, 2.45) is 0 Å². The second-order valence-corrected chi connectivity index (χ2v) is 6.45. The van der Waals surface area contributed by atoms with Crippen LogP contribution in [0.1, 0.15) is 24.1 Å². The molecule has 0 saturated carbocycles. The monoisotopic (exact) mass is 373 g/mol. The van der Waals surface area contributed by atoms with E-state index in [9.17, 15) is 14.0 Å². The van der Waals surface area contributed by atoms with E-state index in [0.29, 0.717) is 11.3 Å². The van der Waals surface area contributed by atoms with Crippen LogP contribution in [0.25, 0.3) is 0 Å². The highest BCUT2D eigenvalue weighted by atomic mass is 19.1. The van der Waals surface area contributed by atoms with Gasteiger partial charge in [0.15, 0.2) is 5.82 Å². The van der Waals surface area contributed by atoms with Crippen molar-refractivity contribution in [3.63, 3.8) is 0 Å². The van der Waals surface area contributed by atoms with Crippen molar-refractivity contribution in [2.45, 2.75) is 19.5 Å². The molecule has 2 N–H and O–H groups in total. The minimum absolute atomic E-state index is 0.0215. The normalized spacial score (nSPS) is 15.8. The third-order valence-electron chi connectivity index (χ3n) is 4.35. The zero-order chi connectivity index (χ0) is 19.7. The largest absolute Gasteiger partial charge is 0.416 e. The molecule has 3 rings (SSSR count). The van der Waals surface area contributed by atoms with Gasteiger partial charge in [-0.3, -0.25) is 4.90 Å². The van der Waals surface area contributed by atoms with Crippen LogP contribution in [-0.4, -0.2) is 36.1 Å². The van der Waals surface area contributed by atoms with E-state index in [1.54, 1.807) is 38.4 Å². The lowest BCUT2D eigenvalue weighted by atomic mass is 10.0. The number of carbonyl (C=O) groups excluding carboxylic acids is 2. The Hall–Kier alpha value is -3.29. The first kappa shape index (κ1) is 18.5. The van der Waals surface area contributed by atoms with Gasteiger partial charge < -0.3 is 20.1 Å². The van der Waals surface area contributed by atoms with Crippen LogP contribution in [-0.2, 0) is 6.54 Å². The highest BCUT2D eigenvalue weighted by molar-refractivity contribution is 5.75. The molecule has 1 aliphatic rings. The minimum atomic E-state index is -0.618. The molecular weight excluding hydrogens is 353 g/mol. The lowest BCUT2D eigenvalue weighted by Gasteiger charge is -2.34. The number of amides is 2. The van der Waals surface area contributed by atoms with Crippen LogP contribution in [0.2, 0.25) is 0 Å². The van der Waals surface area contributed by atoms with Gasteiger partial charge in [-0.15, -0.1) is 0 Å². The van der Waals surface area contributed by atoms with Crippen molar-refractivity contribution in [2.75, 3.05) is 19.8 Å². The molecule has 0 aliphatic carbocycles. The fourth-order valence-corrected chi connectivity index (χ4v) is 2.79. The maximum atomic E-state index is 14.2. The number of carbonyl (C=O) groups is 2. The molecule has 0 fully saturated rings. The summed E-state index contributed by atoms with van der Waals surface area (Å²) in [4.78, 5) is 26.8. The van der Waals surface area contributed by atoms with Gasteiger partial charge in [-0.2, -0.15) is 0 Å². The Morgan fingerprint density at radius 3 is 2.78 bits per heavy atom. The molecule has 27 heavy (non-hydrogen) atoms. The van der Waals surface area contributed by atoms with Gasteiger partial charge in [0.2, 0.25) is 0 Å². The van der Waals surface area contributed by atoms with Crippen molar-refractivity contribution in [3.8, 4) is 11.5 Å². The average molecular weight is 373 g/mol. The number of halogens is 1. The summed E-state index contributed by atoms with van der Waals surface area (Å²) in [6, 6.07) is 9.13. The topological polar surface area (TPSA) is 85.1 Å². The van der Waals surface area contributed by atoms with Crippen molar-refractivity contribution in [1.82, 2.24) is 9.80 Å². The summed E-state index contributed by atoms with van der Waals surface area (Å²) >= 11 is 0. The van der Waals surface area contributed by atoms with Crippen molar-refractivity contribution >= 4 is 17.9 Å². The molecule has 7 nitrogen and oxygen atoms in total. The third kappa shape index (κ3) is 3.64. The Bertz CT molecular complexity index is 901. The summed E-state index contributed by atoms with van der Waals surface area (Å²) < 4.78 is 24.7. The molecule has 1 atom stereocenters. The number of nitrogens with two attached hydrogens (primary N) is 1. The standard InChI is InChI=1S/C19H20FN3O4/c1-11-14-8-7-13(26-18(24)22(2)3)9-16(14)27-19(25)23(11)10-12-5-4-6-15(21)17(12)20/h4-9,11H,10,21H2,1-3H3/t11-/m1/s1. The molecule has 1 heterocycles. The summed E-state index contributed by atoms with van der Waals surface area (Å²) in [6.07, 6.45) is -1.16. The second-order valence-electron chi connectivity index (χ2n) is 6.45. The van der Waals surface area contributed by atoms with Crippen LogP contribution in [0.15, 0.2) is 36.4 Å². The molecule has 0 radical (unpaired) electrons. The van der Waals surface area contributed by atoms with Gasteiger partial charge in [0.1, 0.15) is 11.5 Å². The molecule has 2 amide bonds. The van der Waals surface area contributed by atoms with E-state index in [-0.39, 0.29) is 24.0 Å². The molecule has 142 valence electrons. The quantitative estimate of drug-likeness (QED) is 0.832. The van der Waals surface area contributed by atoms with Gasteiger partial charge in [-0.25, -0.2) is 14.0 Å². The Kier molecular flexibility index (Phi) is 4.89. The van der Waals surface area contributed by atoms with Crippen molar-refractivity contribution < 1.29 is 23.5 Å². The zero-order valence-corrected chi connectivity index (χ0v) is 15.2. The van der Waals surface area contributed by atoms with Crippen molar-refractivity contribution in [3.05, 3.63) is 53.3 Å². The smallest absolute Gasteiger partial charge is 0.410 e. The maximum absolute atomic E-state index is 14.2. The lowest BCUT2D eigenvalue weighted by Crippen LogP contribution is -2.39. The summed E-state index contributed by atoms with van der Waals surface area (Å²) in [6.45, 7) is 1.84. The number of benzene rings is 2. The SMILES string of the molecule is C[C@@H]1c2ccc(OC(=O)N(C)C)cc2OC(=O)N1Cc1cccc(N)c1F. The Morgan fingerprint density at radius 1 is 1.33 bits per heavy atom. The predicted octanol–water partition coefficient (Wildman–Crippen LogP) is 3.54. The van der Waals surface area contributed by atoms with Crippen LogP contribution in [0, 0.1) is 5.82 Å². The number of nitrogen functional groups attached to an aromatic ring is 1. The van der Waals surface area contributed by atoms with Gasteiger partial charge in [-0.05, 0) is 25.1 Å². The fourth-order valence-electron chi connectivity index (χ4n) is 2.79. The first-order valence-corrected chi connectivity index (χ1v) is 8.32. The number of ether oxygens (including phenoxy) is 2. The van der Waals surface area contributed by atoms with Gasteiger partial charge in [0.25, 0.3) is 0 Å². The summed E-state index contributed by atoms with van der Waals surface area (Å²) in [5.74, 6) is 0.0258. The zero-order valence-electron chi connectivity index (χ0n) is 15.2. The molecule has 0 aromatic heterocycles. The van der Waals surface area contributed by atoms with Gasteiger partial charge in [-0.1, -0.05) is 12.1 Å². The van der Waals surface area contributed by atoms with Crippen LogP contribution < -0.4 is 15.2 Å². The van der Waals surface area contributed by atoms with E-state index in [0.717, 1.165) is 5.56 Å². The molecule has 0 unspecified atom stereocenters. The van der Waals surface area contributed by atoms with E-state index >= 15 is 0 Å². The Morgan fingerprint density at radius 2 is 2.07 bits per heavy atom. The fraction of sp³-hybridized carbons (Fsp3) is 0.263. The summed E-state index contributed by atoms with van der Waals surface area (Å²) in [5, 5.41) is 0. The minimum Gasteiger partial charge on any atom is -0.410 e. The van der Waals surface area contributed by atoms with Gasteiger partial charge in [0, 0.05) is 31.3 Å². The molecule has 8 heteroatoms. The number of rotatable bonds is 3. The van der Waals surface area contributed by atoms with Gasteiger partial charge >= 0.3 is 12.2 Å². The number of hydrogen-bond acceptors (Lipinski definition) is 5. The molecule has 1 aliphatic heterocycles. The predicted molar refractivity (Wildman–Crippen MR) is 96.9 cm³/mol. The van der Waals surface area contributed by atoms with Crippen LogP contribution >= 0.6 is 0 Å². The van der Waals surface area contributed by atoms with Crippen LogP contribution in [0.4, 0.5) is 19.7 Å². The highest BCUT2D eigenvalue weighted by Crippen LogP contribution is 2.38. The summed E-state index contributed by atoms with van der Waals surface area (Å²) in [7, 11) is 3.13. The Labute approximate surface area is 156 Å². The van der Waals surface area contributed by atoms with E-state index in [4.69, 9.17) is 15.2 Å². The number of hydrogen-bond donors (Lipinski definition) is 1. The third-order valence-corrected chi connectivity index (χ3v) is 4.35. The number of nitrogens with zero attached hydrogens (tertiary/aromatic N) is 2. The van der Waals surface area contributed by atoms with E-state index in [1.807, 2.05) is 6.92 Å². The molecular formula is C19H20FN3O4. The second kappa shape index (κ2) is 7.14. The molecule has 0 spiro atoms. The van der Waals surface area contributed by atoms with E-state index in [2.05, 4.69) is 0 Å². The highest BCUT2D eigenvalue weighted by Gasteiger charge is 2.32. The lowest BCUT2D eigenvalue weighted by molar-refractivity contribution is 0.116. The number of anilines is 1. The first-order valence-electron chi connectivity index (χ1n) is 8.32. The first-order chi connectivity index (χ1) is 12.8. The van der Waals surface area contributed by atoms with Crippen LogP contribution in [0.3, 0.4) is 0 Å². The maximum Gasteiger partial charge on any atom is 0.416 e. The Balaban J connectivity index is 1.84. The van der Waals surface area contributed by atoms with E-state index in [1.165, 1.54) is 21.9 Å². The molecule has 2 aromatic rings. The average Bonchev–Trinajstić information content (AvgIpc) is 2.61. The summed E-state index contributed by atoms with van der Waals surface area (Å²) in [5.41, 5.74) is 6.65. The van der Waals surface area contributed by atoms with Crippen molar-refractivity contribution in [1.29, 1.82) is 0 Å². The number of fused-ring (bicyclic) bond motifs is 1. The molecule has 0 saturated heterocycles. The van der Waals surface area contributed by atoms with E-state index < -0.39 is 18.0 Å². The molecule has 2 aromatic carbocycles. The van der Waals surface area contributed by atoms with Gasteiger partial charge in [0.05, 0.1) is 18.3 Å². The van der Waals surface area contributed by atoms with Crippen LogP contribution in [0.5, 0.6) is 11.5 Å². The molecule has 0 bridgehead atoms.